The van der Waals surface area contributed by atoms with Gasteiger partial charge < -0.3 is 9.15 Å². The molecule has 0 saturated heterocycles. The van der Waals surface area contributed by atoms with Crippen LogP contribution in [0.4, 0.5) is 0 Å². The third-order valence-electron chi connectivity index (χ3n) is 4.76. The van der Waals surface area contributed by atoms with E-state index in [-0.39, 0.29) is 0 Å². The van der Waals surface area contributed by atoms with E-state index in [1.807, 2.05) is 66.7 Å². The van der Waals surface area contributed by atoms with Crippen molar-refractivity contribution in [2.75, 3.05) is 7.11 Å². The van der Waals surface area contributed by atoms with Crippen molar-refractivity contribution in [2.45, 2.75) is 0 Å². The van der Waals surface area contributed by atoms with Crippen LogP contribution in [0.15, 0.2) is 86.4 Å². The van der Waals surface area contributed by atoms with Crippen LogP contribution in [0.1, 0.15) is 0 Å². The minimum atomic E-state index is -0.422. The summed E-state index contributed by atoms with van der Waals surface area (Å²) >= 11 is 0. The van der Waals surface area contributed by atoms with Gasteiger partial charge in [-0.05, 0) is 41.1 Å². The summed E-state index contributed by atoms with van der Waals surface area (Å²) in [4.78, 5) is 12.6. The van der Waals surface area contributed by atoms with E-state index in [0.717, 1.165) is 27.3 Å². The zero-order valence-corrected chi connectivity index (χ0v) is 14.6. The van der Waals surface area contributed by atoms with Gasteiger partial charge >= 0.3 is 17.0 Å². The molecule has 4 heteroatoms. The number of fused-ring (bicyclic) bond motifs is 4. The molecule has 2 aromatic heterocycles. The topological polar surface area (TPSA) is 50.7 Å². The molecular formula is C23H15O4+. The summed E-state index contributed by atoms with van der Waals surface area (Å²) in [5.41, 5.74) is 1.21. The number of hydrogen-bond donors (Lipinski definition) is 0. The number of rotatable bonds is 2. The van der Waals surface area contributed by atoms with Gasteiger partial charge in [0.2, 0.25) is 0 Å². The summed E-state index contributed by atoms with van der Waals surface area (Å²) in [5.74, 6) is 1.22. The Balaban J connectivity index is 1.76. The lowest BCUT2D eigenvalue weighted by Crippen LogP contribution is -2.02. The van der Waals surface area contributed by atoms with E-state index in [1.54, 1.807) is 13.2 Å². The van der Waals surface area contributed by atoms with E-state index >= 15 is 0 Å². The molecule has 27 heavy (non-hydrogen) atoms. The first-order valence-corrected chi connectivity index (χ1v) is 8.60. The van der Waals surface area contributed by atoms with Gasteiger partial charge in [-0.2, -0.15) is 0 Å². The minimum absolute atomic E-state index is 0.400. The third-order valence-corrected chi connectivity index (χ3v) is 4.76. The average Bonchev–Trinajstić information content (AvgIpc) is 2.72. The number of ether oxygens (including phenoxy) is 1. The quantitative estimate of drug-likeness (QED) is 0.233. The molecule has 0 aliphatic rings. The summed E-state index contributed by atoms with van der Waals surface area (Å²) in [6, 6.07) is 22.9. The lowest BCUT2D eigenvalue weighted by molar-refractivity contribution is 0.415. The van der Waals surface area contributed by atoms with Gasteiger partial charge in [0.05, 0.1) is 12.5 Å². The van der Waals surface area contributed by atoms with Crippen molar-refractivity contribution < 1.29 is 13.6 Å². The van der Waals surface area contributed by atoms with Gasteiger partial charge in [-0.1, -0.05) is 30.3 Å². The Morgan fingerprint density at radius 1 is 0.852 bits per heavy atom. The highest BCUT2D eigenvalue weighted by Crippen LogP contribution is 2.30. The summed E-state index contributed by atoms with van der Waals surface area (Å²) in [7, 11) is 1.62. The zero-order valence-electron chi connectivity index (χ0n) is 14.6. The first kappa shape index (κ1) is 15.6. The maximum absolute atomic E-state index is 12.6. The van der Waals surface area contributed by atoms with Crippen LogP contribution >= 0.6 is 0 Å². The fourth-order valence-corrected chi connectivity index (χ4v) is 3.38. The molecule has 0 atom stereocenters. The van der Waals surface area contributed by atoms with Crippen LogP contribution < -0.4 is 10.4 Å². The molecule has 2 heterocycles. The Morgan fingerprint density at radius 2 is 1.70 bits per heavy atom. The first-order valence-electron chi connectivity index (χ1n) is 8.60. The smallest absolute Gasteiger partial charge is 0.368 e. The highest BCUT2D eigenvalue weighted by Gasteiger charge is 2.20. The van der Waals surface area contributed by atoms with Crippen molar-refractivity contribution >= 4 is 32.7 Å². The molecule has 130 valence electrons. The second-order valence-corrected chi connectivity index (χ2v) is 6.35. The summed E-state index contributed by atoms with van der Waals surface area (Å²) in [5, 5.41) is 3.90. The van der Waals surface area contributed by atoms with Gasteiger partial charge in [0.25, 0.3) is 0 Å². The molecule has 0 unspecified atom stereocenters. The normalized spacial score (nSPS) is 11.3. The SMILES string of the molecule is COc1ccc2[o+]c(-c3cc4c(ccc5ccccc54)oc3=O)ccc2c1. The van der Waals surface area contributed by atoms with Crippen LogP contribution in [-0.4, -0.2) is 7.11 Å². The van der Waals surface area contributed by atoms with Crippen molar-refractivity contribution in [3.05, 3.63) is 83.2 Å². The van der Waals surface area contributed by atoms with Gasteiger partial charge in [0, 0.05) is 17.5 Å². The molecule has 0 aliphatic carbocycles. The molecule has 0 N–H and O–H groups in total. The van der Waals surface area contributed by atoms with Crippen molar-refractivity contribution in [3.8, 4) is 17.1 Å². The monoisotopic (exact) mass is 355 g/mol. The van der Waals surface area contributed by atoms with E-state index in [1.165, 1.54) is 0 Å². The summed E-state index contributed by atoms with van der Waals surface area (Å²) in [6.07, 6.45) is 0. The van der Waals surface area contributed by atoms with E-state index in [4.69, 9.17) is 13.6 Å². The highest BCUT2D eigenvalue weighted by molar-refractivity contribution is 6.06. The predicted octanol–water partition coefficient (Wildman–Crippen LogP) is 5.65. The molecule has 3 aromatic carbocycles. The Bertz CT molecular complexity index is 1380. The Morgan fingerprint density at radius 3 is 2.59 bits per heavy atom. The second kappa shape index (κ2) is 5.95. The molecule has 0 radical (unpaired) electrons. The van der Waals surface area contributed by atoms with Crippen molar-refractivity contribution in [1.82, 2.24) is 0 Å². The molecule has 0 amide bonds. The van der Waals surface area contributed by atoms with Crippen molar-refractivity contribution in [3.63, 3.8) is 0 Å². The standard InChI is InChI=1S/C23H15O4/c1-25-16-8-11-20-15(12-16)7-10-22(26-20)19-13-18-17-5-3-2-4-14(17)6-9-21(18)27-23(19)24/h2-13H,1H3/q+1. The number of methoxy groups -OCH3 is 1. The minimum Gasteiger partial charge on any atom is -0.497 e. The fourth-order valence-electron chi connectivity index (χ4n) is 3.38. The average molecular weight is 355 g/mol. The molecule has 0 bridgehead atoms. The fraction of sp³-hybridized carbons (Fsp3) is 0.0435. The van der Waals surface area contributed by atoms with E-state index in [0.29, 0.717) is 22.5 Å². The van der Waals surface area contributed by atoms with Gasteiger partial charge in [0.1, 0.15) is 11.3 Å². The Kier molecular flexibility index (Phi) is 3.44. The molecular weight excluding hydrogens is 340 g/mol. The van der Waals surface area contributed by atoms with Crippen LogP contribution in [0.25, 0.3) is 44.0 Å². The summed E-state index contributed by atoms with van der Waals surface area (Å²) < 4.78 is 16.8. The first-order chi connectivity index (χ1) is 13.2. The van der Waals surface area contributed by atoms with Crippen LogP contribution in [0.5, 0.6) is 5.75 Å². The maximum atomic E-state index is 12.6. The van der Waals surface area contributed by atoms with E-state index < -0.39 is 5.63 Å². The predicted molar refractivity (Wildman–Crippen MR) is 106 cm³/mol. The molecule has 4 nitrogen and oxygen atoms in total. The van der Waals surface area contributed by atoms with Gasteiger partial charge in [-0.15, -0.1) is 0 Å². The Hall–Kier alpha value is -3.66. The lowest BCUT2D eigenvalue weighted by Gasteiger charge is -2.03. The van der Waals surface area contributed by atoms with Gasteiger partial charge in [-0.25, -0.2) is 9.21 Å². The Labute approximate surface area is 154 Å². The van der Waals surface area contributed by atoms with Crippen molar-refractivity contribution in [1.29, 1.82) is 0 Å². The van der Waals surface area contributed by atoms with E-state index in [2.05, 4.69) is 0 Å². The van der Waals surface area contributed by atoms with Gasteiger partial charge in [-0.3, -0.25) is 0 Å². The summed E-state index contributed by atoms with van der Waals surface area (Å²) in [6.45, 7) is 0. The lowest BCUT2D eigenvalue weighted by atomic mass is 10.0. The van der Waals surface area contributed by atoms with Crippen LogP contribution in [0.3, 0.4) is 0 Å². The van der Waals surface area contributed by atoms with Crippen LogP contribution in [0, 0.1) is 0 Å². The van der Waals surface area contributed by atoms with Crippen LogP contribution in [-0.2, 0) is 0 Å². The maximum Gasteiger partial charge on any atom is 0.368 e. The molecule has 0 aliphatic heterocycles. The number of hydrogen-bond acceptors (Lipinski definition) is 3. The number of benzene rings is 3. The van der Waals surface area contributed by atoms with Crippen LogP contribution in [0.2, 0.25) is 0 Å². The molecule has 0 fully saturated rings. The van der Waals surface area contributed by atoms with E-state index in [9.17, 15) is 4.79 Å². The van der Waals surface area contributed by atoms with Gasteiger partial charge in [0.15, 0.2) is 5.56 Å². The highest BCUT2D eigenvalue weighted by atomic mass is 16.5. The largest absolute Gasteiger partial charge is 0.497 e. The molecule has 0 saturated carbocycles. The molecule has 0 spiro atoms. The zero-order chi connectivity index (χ0) is 18.4. The van der Waals surface area contributed by atoms with Crippen molar-refractivity contribution in [2.24, 2.45) is 0 Å². The molecule has 5 rings (SSSR count). The third kappa shape index (κ3) is 2.54. The second-order valence-electron chi connectivity index (χ2n) is 6.35. The molecule has 5 aromatic rings.